The van der Waals surface area contributed by atoms with Gasteiger partial charge in [-0.25, -0.2) is 26.3 Å². The maximum absolute atomic E-state index is 13.1. The van der Waals surface area contributed by atoms with Crippen molar-refractivity contribution >= 4 is 66.4 Å². The van der Waals surface area contributed by atoms with Gasteiger partial charge in [0.15, 0.2) is 0 Å². The number of sulfonamides is 2. The largest absolute Gasteiger partial charge is 0.490 e. The van der Waals surface area contributed by atoms with E-state index in [1.54, 1.807) is 36.4 Å². The zero-order chi connectivity index (χ0) is 55.8. The third kappa shape index (κ3) is 12.3. The van der Waals surface area contributed by atoms with Gasteiger partial charge >= 0.3 is 0 Å². The monoisotopic (exact) mass is 1170 g/mol. The second-order valence-corrected chi connectivity index (χ2v) is 28.5. The highest BCUT2D eigenvalue weighted by Gasteiger charge is 2.46. The molecule has 0 radical (unpaired) electrons. The van der Waals surface area contributed by atoms with Gasteiger partial charge in [-0.15, -0.1) is 0 Å². The minimum Gasteiger partial charge on any atom is -0.490 e. The van der Waals surface area contributed by atoms with Crippen molar-refractivity contribution in [1.82, 2.24) is 9.44 Å². The van der Waals surface area contributed by atoms with Crippen LogP contribution in [-0.4, -0.2) is 102 Å². The zero-order valence-corrected chi connectivity index (χ0v) is 48.4. The van der Waals surface area contributed by atoms with Crippen molar-refractivity contribution in [2.24, 2.45) is 23.7 Å². The third-order valence-electron chi connectivity index (χ3n) is 18.6. The second-order valence-electron chi connectivity index (χ2n) is 23.9. The van der Waals surface area contributed by atoms with E-state index in [-0.39, 0.29) is 45.3 Å². The van der Waals surface area contributed by atoms with E-state index in [0.29, 0.717) is 88.2 Å². The van der Waals surface area contributed by atoms with E-state index < -0.39 is 44.1 Å². The fourth-order valence-electron chi connectivity index (χ4n) is 14.1. The van der Waals surface area contributed by atoms with Crippen LogP contribution in [0.5, 0.6) is 11.5 Å². The highest BCUT2D eigenvalue weighted by molar-refractivity contribution is 7.90. The molecule has 0 aromatic heterocycles. The van der Waals surface area contributed by atoms with Gasteiger partial charge in [-0.05, 0) is 209 Å². The fraction of sp³-hybridized carbons (Fsp3) is 0.516. The first-order valence-electron chi connectivity index (χ1n) is 28.8. The van der Waals surface area contributed by atoms with Gasteiger partial charge in [0.05, 0.1) is 48.3 Å². The highest BCUT2D eigenvalue weighted by Crippen LogP contribution is 2.49. The molecule has 4 aromatic rings. The lowest BCUT2D eigenvalue weighted by atomic mass is 9.68. The Hall–Kier alpha value is -5.10. The van der Waals surface area contributed by atoms with Crippen LogP contribution in [0.3, 0.4) is 0 Å². The van der Waals surface area contributed by atoms with Crippen molar-refractivity contribution in [3.05, 3.63) is 141 Å². The number of carbonyl (C=O) groups excluding carboxylic acids is 2. The molecular weight excluding hydrogens is 1100 g/mol. The molecule has 0 unspecified atom stereocenters. The van der Waals surface area contributed by atoms with Crippen molar-refractivity contribution in [2.75, 3.05) is 60.7 Å². The Kier molecular flexibility index (Phi) is 16.8. The molecule has 428 valence electrons. The number of benzene rings is 4. The van der Waals surface area contributed by atoms with Crippen LogP contribution in [0.2, 0.25) is 10.0 Å². The summed E-state index contributed by atoms with van der Waals surface area (Å²) in [4.78, 5) is 30.9. The smallest absolute Gasteiger partial charge is 0.264 e. The summed E-state index contributed by atoms with van der Waals surface area (Å²) in [6.07, 6.45) is 20.0. The lowest BCUT2D eigenvalue weighted by molar-refractivity contribution is 0.0175. The molecule has 14 nitrogen and oxygen atoms in total. The summed E-state index contributed by atoms with van der Waals surface area (Å²) < 4.78 is 68.0. The number of hydrogen-bond acceptors (Lipinski definition) is 12. The van der Waals surface area contributed by atoms with Crippen LogP contribution in [0.1, 0.15) is 133 Å². The number of anilines is 2. The van der Waals surface area contributed by atoms with Crippen LogP contribution in [0, 0.1) is 23.7 Å². The number of nitrogens with one attached hydrogen (secondary N) is 2. The van der Waals surface area contributed by atoms with Gasteiger partial charge in [0.1, 0.15) is 11.5 Å². The molecule has 8 aliphatic rings. The van der Waals surface area contributed by atoms with Gasteiger partial charge in [0.25, 0.3) is 11.8 Å². The first-order chi connectivity index (χ1) is 38.5. The van der Waals surface area contributed by atoms with E-state index in [1.807, 2.05) is 36.4 Å². The van der Waals surface area contributed by atoms with Crippen molar-refractivity contribution in [3.63, 3.8) is 0 Å². The predicted octanol–water partition coefficient (Wildman–Crippen LogP) is 10.00. The zero-order valence-electron chi connectivity index (χ0n) is 45.3. The number of allylic oxidation sites excluding steroid dienone is 2. The third-order valence-corrected chi connectivity index (χ3v) is 21.7. The Balaban J connectivity index is 0.000000169. The SMILES string of the molecule is O=C1NS(=O)(=O)CCC/C=C/C[C@H](O)[C@@H]2CC[C@H]2CN2C[C@@]3(CCCc4cc(Cl)ccc43)COc3ccc1cc32.O=C1NS(=O)(=O)CCC/C=C\C[C@H](O)[C@@H]2CC[C@H]2CN2C[C@@]3(CCCc4cc(Cl)ccc43)COc3ccc1cc32. The maximum atomic E-state index is 13.1. The molecule has 8 atom stereocenters. The van der Waals surface area contributed by atoms with Crippen LogP contribution in [0.25, 0.3) is 0 Å². The van der Waals surface area contributed by atoms with Crippen LogP contribution in [0.15, 0.2) is 97.1 Å². The van der Waals surface area contributed by atoms with Crippen LogP contribution >= 0.6 is 23.2 Å². The standard InChI is InChI=1S/2C31H37ClN2O5S/c2*32-24-10-12-26-21(16-24)6-5-14-31(26)19-34-18-23-8-11-25(23)28(35)7-3-1-2-4-15-40(37,38)33-30(36)22-9-13-29(39-20-31)27(34)17-22/h2*1,3,9-10,12-13,16-17,23,25,28,35H,2,4-8,11,14-15,18-20H2,(H,33,36)/b3-1+;3-1-/t2*23-,25+,28-,31-/m00/s1. The van der Waals surface area contributed by atoms with Gasteiger partial charge in [-0.3, -0.25) is 9.59 Å². The molecule has 4 aliphatic heterocycles. The minimum atomic E-state index is -3.77. The Morgan fingerprint density at radius 2 is 0.988 bits per heavy atom. The van der Waals surface area contributed by atoms with Gasteiger partial charge in [-0.1, -0.05) is 59.6 Å². The van der Waals surface area contributed by atoms with Gasteiger partial charge in [0, 0.05) is 58.2 Å². The normalized spacial score (nSPS) is 30.9. The number of fused-ring (bicyclic) bond motifs is 8. The van der Waals surface area contributed by atoms with Gasteiger partial charge < -0.3 is 29.5 Å². The van der Waals surface area contributed by atoms with Crippen molar-refractivity contribution in [2.45, 2.75) is 126 Å². The molecule has 4 aliphatic carbocycles. The minimum absolute atomic E-state index is 0.136. The Labute approximate surface area is 481 Å². The highest BCUT2D eigenvalue weighted by atomic mass is 35.5. The van der Waals surface area contributed by atoms with Crippen LogP contribution in [-0.2, 0) is 43.7 Å². The molecule has 2 saturated carbocycles. The summed E-state index contributed by atoms with van der Waals surface area (Å²) in [5.41, 5.74) is 6.72. The molecule has 0 saturated heterocycles. The van der Waals surface area contributed by atoms with Crippen molar-refractivity contribution in [1.29, 1.82) is 0 Å². The molecular formula is C62H74Cl2N4O10S2. The van der Waals surface area contributed by atoms with E-state index in [2.05, 4.69) is 43.5 Å². The molecule has 4 aromatic carbocycles. The summed E-state index contributed by atoms with van der Waals surface area (Å²) in [6.45, 7) is 3.89. The first-order valence-corrected chi connectivity index (χ1v) is 32.9. The predicted molar refractivity (Wildman–Crippen MR) is 313 cm³/mol. The average molecular weight is 1170 g/mol. The number of aliphatic hydroxyl groups is 2. The van der Waals surface area contributed by atoms with E-state index in [4.69, 9.17) is 32.7 Å². The molecule has 80 heavy (non-hydrogen) atoms. The summed E-state index contributed by atoms with van der Waals surface area (Å²) >= 11 is 12.7. The number of halogens is 2. The lowest BCUT2D eigenvalue weighted by Gasteiger charge is -2.45. The number of ether oxygens (including phenoxy) is 2. The van der Waals surface area contributed by atoms with Gasteiger partial charge in [-0.2, -0.15) is 0 Å². The Morgan fingerprint density at radius 3 is 1.40 bits per heavy atom. The van der Waals surface area contributed by atoms with E-state index >= 15 is 0 Å². The number of aryl methyl sites for hydroxylation is 2. The molecule has 12 rings (SSSR count). The van der Waals surface area contributed by atoms with Crippen LogP contribution < -0.4 is 28.7 Å². The molecule has 2 fully saturated rings. The van der Waals surface area contributed by atoms with E-state index in [1.165, 1.54) is 22.3 Å². The number of aliphatic hydroxyl groups excluding tert-OH is 2. The number of rotatable bonds is 0. The van der Waals surface area contributed by atoms with Crippen molar-refractivity contribution < 1.29 is 46.1 Å². The molecule has 2 spiro atoms. The summed E-state index contributed by atoms with van der Waals surface area (Å²) in [6, 6.07) is 22.7. The molecule has 4 N–H and O–H groups in total. The molecule has 2 amide bonds. The Bertz CT molecular complexity index is 3070. The number of amides is 2. The molecule has 4 heterocycles. The Morgan fingerprint density at radius 1 is 0.550 bits per heavy atom. The van der Waals surface area contributed by atoms with E-state index in [0.717, 1.165) is 98.7 Å². The molecule has 4 bridgehead atoms. The summed E-state index contributed by atoms with van der Waals surface area (Å²) in [5.74, 6) is 0.879. The first kappa shape index (κ1) is 56.7. The molecule has 18 heteroatoms. The number of carbonyl (C=O) groups is 2. The maximum Gasteiger partial charge on any atom is 0.264 e. The topological polar surface area (TPSA) is 192 Å². The average Bonchev–Trinajstić information content (AvgIpc) is 3.65. The summed E-state index contributed by atoms with van der Waals surface area (Å²) in [5, 5.41) is 23.5. The number of hydrogen-bond donors (Lipinski definition) is 4. The second kappa shape index (κ2) is 23.6. The van der Waals surface area contributed by atoms with E-state index in [9.17, 15) is 36.6 Å². The van der Waals surface area contributed by atoms with Crippen LogP contribution in [0.4, 0.5) is 11.4 Å². The lowest BCUT2D eigenvalue weighted by Crippen LogP contribution is -2.49. The van der Waals surface area contributed by atoms with Gasteiger partial charge in [0.2, 0.25) is 20.0 Å². The number of nitrogens with zero attached hydrogens (tertiary/aromatic N) is 2. The quantitative estimate of drug-likeness (QED) is 0.122. The van der Waals surface area contributed by atoms with Crippen molar-refractivity contribution in [3.8, 4) is 11.5 Å². The fourth-order valence-corrected chi connectivity index (χ4v) is 16.6. The summed E-state index contributed by atoms with van der Waals surface area (Å²) in [7, 11) is -7.55.